The number of rotatable bonds is 4. The van der Waals surface area contributed by atoms with Crippen LogP contribution in [0.2, 0.25) is 0 Å². The summed E-state index contributed by atoms with van der Waals surface area (Å²) in [4.78, 5) is 23.6. The zero-order valence-electron chi connectivity index (χ0n) is 14.7. The van der Waals surface area contributed by atoms with Crippen LogP contribution in [0.1, 0.15) is 23.3 Å². The van der Waals surface area contributed by atoms with Crippen LogP contribution in [0.15, 0.2) is 65.7 Å². The molecule has 1 saturated heterocycles. The van der Waals surface area contributed by atoms with Gasteiger partial charge in [-0.25, -0.2) is 13.4 Å². The summed E-state index contributed by atoms with van der Waals surface area (Å²) in [5.74, 6) is -0.344. The van der Waals surface area contributed by atoms with Gasteiger partial charge in [0, 0.05) is 12.6 Å². The average Bonchev–Trinajstić information content (AvgIpc) is 3.15. The van der Waals surface area contributed by atoms with Crippen molar-refractivity contribution in [3.63, 3.8) is 0 Å². The monoisotopic (exact) mass is 381 g/mol. The van der Waals surface area contributed by atoms with E-state index >= 15 is 0 Å². The highest BCUT2D eigenvalue weighted by Gasteiger charge is 2.34. The molecule has 1 amide bonds. The Kier molecular flexibility index (Phi) is 4.61. The molecule has 1 unspecified atom stereocenters. The molecule has 27 heavy (non-hydrogen) atoms. The molecule has 2 aromatic carbocycles. The van der Waals surface area contributed by atoms with Crippen molar-refractivity contribution in [2.24, 2.45) is 0 Å². The Balaban J connectivity index is 1.58. The maximum absolute atomic E-state index is 13.0. The van der Waals surface area contributed by atoms with Gasteiger partial charge in [-0.2, -0.15) is 0 Å². The molecule has 0 aliphatic carbocycles. The first-order valence-electron chi connectivity index (χ1n) is 8.85. The number of sulfone groups is 1. The number of hydrogen-bond donors (Lipinski definition) is 0. The summed E-state index contributed by atoms with van der Waals surface area (Å²) in [5, 5.41) is 0. The first kappa shape index (κ1) is 17.6. The average molecular weight is 381 g/mol. The van der Waals surface area contributed by atoms with E-state index in [1.165, 1.54) is 6.20 Å². The molecule has 0 spiro atoms. The van der Waals surface area contributed by atoms with Crippen LogP contribution in [0.3, 0.4) is 0 Å². The van der Waals surface area contributed by atoms with Gasteiger partial charge in [-0.1, -0.05) is 30.3 Å². The number of carbonyl (C=O) groups excluding carboxylic acids is 1. The molecule has 4 rings (SSSR count). The second-order valence-electron chi connectivity index (χ2n) is 6.63. The summed E-state index contributed by atoms with van der Waals surface area (Å²) < 4.78 is 25.4. The Morgan fingerprint density at radius 2 is 1.74 bits per heavy atom. The lowest BCUT2D eigenvalue weighted by molar-refractivity contribution is 0.0743. The number of para-hydroxylation sites is 2. The highest BCUT2D eigenvalue weighted by molar-refractivity contribution is 7.91. The lowest BCUT2D eigenvalue weighted by Gasteiger charge is -2.24. The van der Waals surface area contributed by atoms with Gasteiger partial charge >= 0.3 is 0 Å². The van der Waals surface area contributed by atoms with Gasteiger partial charge in [0.1, 0.15) is 5.69 Å². The van der Waals surface area contributed by atoms with E-state index in [4.69, 9.17) is 0 Å². The minimum Gasteiger partial charge on any atom is -0.333 e. The fourth-order valence-corrected chi connectivity index (χ4v) is 5.08. The maximum atomic E-state index is 13.0. The normalized spacial score (nSPS) is 17.3. The predicted octanol–water partition coefficient (Wildman–Crippen LogP) is 2.71. The van der Waals surface area contributed by atoms with Gasteiger partial charge < -0.3 is 4.90 Å². The molecule has 1 fully saturated rings. The summed E-state index contributed by atoms with van der Waals surface area (Å²) in [6.45, 7) is 0.530. The molecule has 0 saturated carbocycles. The fraction of sp³-hybridized carbons (Fsp3) is 0.250. The zero-order valence-corrected chi connectivity index (χ0v) is 15.5. The van der Waals surface area contributed by atoms with Gasteiger partial charge in [0.05, 0.1) is 27.9 Å². The molecule has 7 heteroatoms. The van der Waals surface area contributed by atoms with Crippen molar-refractivity contribution in [2.75, 3.05) is 12.3 Å². The van der Waals surface area contributed by atoms with E-state index in [-0.39, 0.29) is 28.3 Å². The predicted molar refractivity (Wildman–Crippen MR) is 102 cm³/mol. The van der Waals surface area contributed by atoms with E-state index in [0.29, 0.717) is 18.5 Å². The van der Waals surface area contributed by atoms with Crippen molar-refractivity contribution < 1.29 is 13.2 Å². The Morgan fingerprint density at radius 3 is 2.52 bits per heavy atom. The minimum absolute atomic E-state index is 0.0796. The van der Waals surface area contributed by atoms with E-state index in [0.717, 1.165) is 11.9 Å². The Morgan fingerprint density at radius 1 is 1.04 bits per heavy atom. The SMILES string of the molecule is O=C(c1cnc2ccccc2n1)N1CCCC1CS(=O)(=O)c1ccccc1. The van der Waals surface area contributed by atoms with Crippen LogP contribution in [0.25, 0.3) is 11.0 Å². The van der Waals surface area contributed by atoms with Gasteiger partial charge in [-0.3, -0.25) is 9.78 Å². The first-order valence-corrected chi connectivity index (χ1v) is 10.5. The number of aromatic nitrogens is 2. The second-order valence-corrected chi connectivity index (χ2v) is 8.67. The zero-order chi connectivity index (χ0) is 18.9. The Labute approximate surface area is 157 Å². The quantitative estimate of drug-likeness (QED) is 0.694. The highest BCUT2D eigenvalue weighted by atomic mass is 32.2. The topological polar surface area (TPSA) is 80.2 Å². The number of amides is 1. The van der Waals surface area contributed by atoms with E-state index in [9.17, 15) is 13.2 Å². The third-order valence-corrected chi connectivity index (χ3v) is 6.63. The summed E-state index contributed by atoms with van der Waals surface area (Å²) in [6.07, 6.45) is 2.91. The molecule has 3 aromatic rings. The smallest absolute Gasteiger partial charge is 0.274 e. The molecule has 2 heterocycles. The van der Waals surface area contributed by atoms with Gasteiger partial charge in [0.25, 0.3) is 5.91 Å². The molecule has 0 N–H and O–H groups in total. The van der Waals surface area contributed by atoms with E-state index in [1.54, 1.807) is 41.3 Å². The molecule has 1 aliphatic rings. The molecule has 6 nitrogen and oxygen atoms in total. The molecule has 1 aliphatic heterocycles. The van der Waals surface area contributed by atoms with Crippen molar-refractivity contribution in [1.29, 1.82) is 0 Å². The van der Waals surface area contributed by atoms with E-state index in [2.05, 4.69) is 9.97 Å². The molecular formula is C20H19N3O3S. The molecule has 0 bridgehead atoms. The third kappa shape index (κ3) is 3.55. The van der Waals surface area contributed by atoms with Crippen LogP contribution in [-0.2, 0) is 9.84 Å². The van der Waals surface area contributed by atoms with Crippen LogP contribution >= 0.6 is 0 Å². The number of fused-ring (bicyclic) bond motifs is 1. The first-order chi connectivity index (χ1) is 13.0. The summed E-state index contributed by atoms with van der Waals surface area (Å²) in [7, 11) is -3.46. The standard InChI is InChI=1S/C20H19N3O3S/c24-20(19-13-21-17-10-4-5-11-18(17)22-19)23-12-6-7-15(23)14-27(25,26)16-8-2-1-3-9-16/h1-5,8-11,13,15H,6-7,12,14H2. The summed E-state index contributed by atoms with van der Waals surface area (Å²) in [5.41, 5.74) is 1.62. The highest BCUT2D eigenvalue weighted by Crippen LogP contribution is 2.24. The van der Waals surface area contributed by atoms with E-state index in [1.807, 2.05) is 18.2 Å². The Bertz CT molecular complexity index is 1080. The number of nitrogens with zero attached hydrogens (tertiary/aromatic N) is 3. The van der Waals surface area contributed by atoms with Crippen molar-refractivity contribution in [1.82, 2.24) is 14.9 Å². The van der Waals surface area contributed by atoms with Crippen molar-refractivity contribution in [3.05, 3.63) is 66.5 Å². The number of hydrogen-bond acceptors (Lipinski definition) is 5. The summed E-state index contributed by atoms with van der Waals surface area (Å²) >= 11 is 0. The van der Waals surface area contributed by atoms with Gasteiger partial charge in [0.15, 0.2) is 9.84 Å². The molecule has 0 radical (unpaired) electrons. The van der Waals surface area contributed by atoms with Gasteiger partial charge in [-0.15, -0.1) is 0 Å². The maximum Gasteiger partial charge on any atom is 0.274 e. The van der Waals surface area contributed by atoms with E-state index < -0.39 is 9.84 Å². The lowest BCUT2D eigenvalue weighted by Crippen LogP contribution is -2.40. The van der Waals surface area contributed by atoms with Crippen molar-refractivity contribution >= 4 is 26.8 Å². The van der Waals surface area contributed by atoms with Crippen LogP contribution in [-0.4, -0.2) is 47.5 Å². The third-order valence-electron chi connectivity index (χ3n) is 4.82. The number of carbonyl (C=O) groups is 1. The molecular weight excluding hydrogens is 362 g/mol. The van der Waals surface area contributed by atoms with Crippen LogP contribution in [0, 0.1) is 0 Å². The van der Waals surface area contributed by atoms with Crippen LogP contribution < -0.4 is 0 Å². The minimum atomic E-state index is -3.46. The van der Waals surface area contributed by atoms with Crippen LogP contribution in [0.4, 0.5) is 0 Å². The summed E-state index contributed by atoms with van der Waals surface area (Å²) in [6, 6.07) is 15.4. The number of benzene rings is 2. The van der Waals surface area contributed by atoms with Gasteiger partial charge in [-0.05, 0) is 37.1 Å². The Hall–Kier alpha value is -2.80. The lowest BCUT2D eigenvalue weighted by atomic mass is 10.2. The molecule has 138 valence electrons. The largest absolute Gasteiger partial charge is 0.333 e. The second kappa shape index (κ2) is 7.08. The molecule has 1 aromatic heterocycles. The number of likely N-dealkylation sites (tertiary alicyclic amines) is 1. The van der Waals surface area contributed by atoms with Crippen LogP contribution in [0.5, 0.6) is 0 Å². The van der Waals surface area contributed by atoms with Gasteiger partial charge in [0.2, 0.25) is 0 Å². The van der Waals surface area contributed by atoms with Crippen molar-refractivity contribution in [3.8, 4) is 0 Å². The fourth-order valence-electron chi connectivity index (χ4n) is 3.46. The van der Waals surface area contributed by atoms with Crippen molar-refractivity contribution in [2.45, 2.75) is 23.8 Å². The molecule has 1 atom stereocenters.